The van der Waals surface area contributed by atoms with Gasteiger partial charge in [-0.2, -0.15) is 0 Å². The summed E-state index contributed by atoms with van der Waals surface area (Å²) in [4.78, 5) is 0. The van der Waals surface area contributed by atoms with Gasteiger partial charge in [0.1, 0.15) is 0 Å². The van der Waals surface area contributed by atoms with Crippen molar-refractivity contribution in [3.8, 4) is 0 Å². The van der Waals surface area contributed by atoms with Crippen LogP contribution in [0, 0.1) is 0 Å². The van der Waals surface area contributed by atoms with Gasteiger partial charge in [-0.25, -0.2) is 0 Å². The van der Waals surface area contributed by atoms with Gasteiger partial charge in [-0.1, -0.05) is 0 Å². The summed E-state index contributed by atoms with van der Waals surface area (Å²) in [6, 6.07) is 0. The molecular weight excluding hydrogens is 135 g/mol. The Balaban J connectivity index is -0.0000000800. The SMILES string of the molecule is CCOCC.[Cu].[LiH]. The van der Waals surface area contributed by atoms with Crippen molar-refractivity contribution in [2.24, 2.45) is 0 Å². The van der Waals surface area contributed by atoms with Crippen LogP contribution in [0.1, 0.15) is 13.8 Å². The summed E-state index contributed by atoms with van der Waals surface area (Å²) in [6.45, 7) is 5.67. The molecule has 0 aromatic rings. The van der Waals surface area contributed by atoms with Crippen LogP contribution in [0.5, 0.6) is 0 Å². The van der Waals surface area contributed by atoms with Gasteiger partial charge in [0, 0.05) is 30.3 Å². The Bertz CT molecular complexity index is 19.2. The summed E-state index contributed by atoms with van der Waals surface area (Å²) in [6.07, 6.45) is 0. The predicted octanol–water partition coefficient (Wildman–Crippen LogP) is 0.392. The van der Waals surface area contributed by atoms with Crippen LogP contribution in [0.2, 0.25) is 0 Å². The topological polar surface area (TPSA) is 9.23 Å². The van der Waals surface area contributed by atoms with Gasteiger partial charge >= 0.3 is 18.9 Å². The molecule has 0 aliphatic rings. The van der Waals surface area contributed by atoms with Crippen LogP contribution < -0.4 is 0 Å². The van der Waals surface area contributed by atoms with Crippen molar-refractivity contribution in [3.05, 3.63) is 0 Å². The molecule has 1 nitrogen and oxygen atoms in total. The van der Waals surface area contributed by atoms with Crippen LogP contribution in [0.15, 0.2) is 0 Å². The van der Waals surface area contributed by atoms with E-state index in [1.54, 1.807) is 0 Å². The molecule has 0 amide bonds. The van der Waals surface area contributed by atoms with Crippen LogP contribution in [0.4, 0.5) is 0 Å². The first-order valence-corrected chi connectivity index (χ1v) is 1.99. The van der Waals surface area contributed by atoms with Gasteiger partial charge < -0.3 is 4.74 Å². The molecule has 45 valence electrons. The van der Waals surface area contributed by atoms with E-state index in [0.29, 0.717) is 0 Å². The van der Waals surface area contributed by atoms with E-state index >= 15 is 0 Å². The van der Waals surface area contributed by atoms with Gasteiger partial charge in [0.15, 0.2) is 0 Å². The van der Waals surface area contributed by atoms with E-state index < -0.39 is 0 Å². The predicted molar refractivity (Wildman–Crippen MR) is 29.3 cm³/mol. The third-order valence-corrected chi connectivity index (χ3v) is 0.408. The van der Waals surface area contributed by atoms with Gasteiger partial charge in [0.2, 0.25) is 0 Å². The summed E-state index contributed by atoms with van der Waals surface area (Å²) in [5.74, 6) is 0. The molecule has 0 aromatic heterocycles. The molecule has 3 heteroatoms. The summed E-state index contributed by atoms with van der Waals surface area (Å²) in [5, 5.41) is 0. The fourth-order valence-corrected chi connectivity index (χ4v) is 0.204. The Hall–Kier alpha value is 1.08. The fraction of sp³-hybridized carbons (Fsp3) is 1.00. The van der Waals surface area contributed by atoms with Crippen LogP contribution in [0.3, 0.4) is 0 Å². The van der Waals surface area contributed by atoms with Gasteiger partial charge in [0.25, 0.3) is 0 Å². The standard InChI is InChI=1S/C4H10O.Cu.Li.H/c1-3-5-4-2;;;/h3-4H2,1-2H3;;;. The molecule has 7 heavy (non-hydrogen) atoms. The van der Waals surface area contributed by atoms with Crippen molar-refractivity contribution in [1.82, 2.24) is 0 Å². The molecule has 0 aliphatic heterocycles. The van der Waals surface area contributed by atoms with E-state index in [-0.39, 0.29) is 35.9 Å². The summed E-state index contributed by atoms with van der Waals surface area (Å²) >= 11 is 0. The first kappa shape index (κ1) is 15.7. The van der Waals surface area contributed by atoms with E-state index in [1.807, 2.05) is 13.8 Å². The van der Waals surface area contributed by atoms with Gasteiger partial charge in [-0.15, -0.1) is 0 Å². The zero-order valence-corrected chi connectivity index (χ0v) is 5.07. The number of hydrogen-bond donors (Lipinski definition) is 0. The number of hydrogen-bond acceptors (Lipinski definition) is 1. The van der Waals surface area contributed by atoms with E-state index in [2.05, 4.69) is 0 Å². The van der Waals surface area contributed by atoms with E-state index in [9.17, 15) is 0 Å². The molecule has 0 aromatic carbocycles. The third-order valence-electron chi connectivity index (χ3n) is 0.408. The van der Waals surface area contributed by atoms with Crippen molar-refractivity contribution >= 4 is 18.9 Å². The van der Waals surface area contributed by atoms with Gasteiger partial charge in [0.05, 0.1) is 0 Å². The molecule has 1 radical (unpaired) electrons. The van der Waals surface area contributed by atoms with E-state index in [4.69, 9.17) is 4.74 Å². The number of ether oxygens (including phenoxy) is 1. The normalized spacial score (nSPS) is 6.00. The van der Waals surface area contributed by atoms with E-state index in [0.717, 1.165) is 13.2 Å². The Labute approximate surface area is 67.8 Å². The minimum absolute atomic E-state index is 0. The molecule has 0 N–H and O–H groups in total. The summed E-state index contributed by atoms with van der Waals surface area (Å²) < 4.78 is 4.83. The van der Waals surface area contributed by atoms with Gasteiger partial charge in [-0.05, 0) is 13.8 Å². The van der Waals surface area contributed by atoms with Crippen LogP contribution >= 0.6 is 0 Å². The average molecular weight is 146 g/mol. The second-order valence-electron chi connectivity index (χ2n) is 0.781. The summed E-state index contributed by atoms with van der Waals surface area (Å²) in [5.41, 5.74) is 0. The molecule has 0 heterocycles. The Morgan fingerprint density at radius 3 is 1.43 bits per heavy atom. The molecule has 0 fully saturated rings. The van der Waals surface area contributed by atoms with Crippen molar-refractivity contribution < 1.29 is 21.8 Å². The zero-order chi connectivity index (χ0) is 4.12. The second-order valence-corrected chi connectivity index (χ2v) is 0.781. The fourth-order valence-electron chi connectivity index (χ4n) is 0.204. The molecule has 0 atom stereocenters. The molecule has 0 unspecified atom stereocenters. The first-order chi connectivity index (χ1) is 2.41. The molecule has 0 saturated heterocycles. The maximum atomic E-state index is 4.83. The second kappa shape index (κ2) is 15.7. The molecule has 0 bridgehead atoms. The van der Waals surface area contributed by atoms with Crippen molar-refractivity contribution in [3.63, 3.8) is 0 Å². The van der Waals surface area contributed by atoms with Crippen LogP contribution in [0.25, 0.3) is 0 Å². The quantitative estimate of drug-likeness (QED) is 0.511. The Kier molecular flexibility index (Phi) is 35.3. The average Bonchev–Trinajstić information content (AvgIpc) is 1.41. The Morgan fingerprint density at radius 1 is 1.14 bits per heavy atom. The monoisotopic (exact) mass is 145 g/mol. The van der Waals surface area contributed by atoms with Crippen molar-refractivity contribution in [1.29, 1.82) is 0 Å². The van der Waals surface area contributed by atoms with E-state index in [1.165, 1.54) is 0 Å². The first-order valence-electron chi connectivity index (χ1n) is 1.99. The van der Waals surface area contributed by atoms with Crippen molar-refractivity contribution in [2.75, 3.05) is 13.2 Å². The van der Waals surface area contributed by atoms with Crippen LogP contribution in [-0.4, -0.2) is 32.1 Å². The maximum absolute atomic E-state index is 4.83. The molecular formula is C4H11CuLiO. The Morgan fingerprint density at radius 2 is 1.43 bits per heavy atom. The summed E-state index contributed by atoms with van der Waals surface area (Å²) in [7, 11) is 0. The number of rotatable bonds is 2. The molecule has 0 rings (SSSR count). The molecule has 0 saturated carbocycles. The molecule has 0 spiro atoms. The third kappa shape index (κ3) is 19.3. The zero-order valence-electron chi connectivity index (χ0n) is 4.12. The molecule has 0 aliphatic carbocycles. The minimum atomic E-state index is 0. The van der Waals surface area contributed by atoms with Crippen molar-refractivity contribution in [2.45, 2.75) is 13.8 Å². The van der Waals surface area contributed by atoms with Gasteiger partial charge in [-0.3, -0.25) is 0 Å². The van der Waals surface area contributed by atoms with Crippen LogP contribution in [-0.2, 0) is 21.8 Å².